The number of carbonyl (C=O) groups excluding carboxylic acids is 4. The Kier molecular flexibility index (Phi) is 16.7. The van der Waals surface area contributed by atoms with E-state index in [1.54, 1.807) is 0 Å². The summed E-state index contributed by atoms with van der Waals surface area (Å²) in [5.41, 5.74) is 16.6. The van der Waals surface area contributed by atoms with E-state index in [0.29, 0.717) is 38.0 Å². The molecule has 0 rings (SSSR count). The topological polar surface area (TPSA) is 220 Å². The van der Waals surface area contributed by atoms with Crippen LogP contribution in [0.1, 0.15) is 58.8 Å². The average molecular weight is 519 g/mol. The Balaban J connectivity index is 5.48. The lowest BCUT2D eigenvalue weighted by Gasteiger charge is -2.25. The molecule has 0 bridgehead atoms. The third-order valence-corrected chi connectivity index (χ3v) is 5.82. The highest BCUT2D eigenvalue weighted by molar-refractivity contribution is 7.98. The van der Waals surface area contributed by atoms with Gasteiger partial charge in [-0.3, -0.25) is 19.2 Å². The third-order valence-electron chi connectivity index (χ3n) is 5.18. The SMILES string of the molecule is CSCCC(NC(=O)C(N)CC(C)C)C(=O)NC(CCCCN)C(=O)NC(CCC(N)=O)C(=O)O. The number of amides is 4. The molecule has 4 unspecified atom stereocenters. The summed E-state index contributed by atoms with van der Waals surface area (Å²) >= 11 is 1.50. The number of unbranched alkanes of at least 4 members (excludes halogenated alkanes) is 1. The van der Waals surface area contributed by atoms with Crippen molar-refractivity contribution in [3.05, 3.63) is 0 Å². The average Bonchev–Trinajstić information content (AvgIpc) is 2.77. The first-order valence-corrected chi connectivity index (χ1v) is 13.2. The number of thioether (sulfide) groups is 1. The molecule has 0 aromatic heterocycles. The quantitative estimate of drug-likeness (QED) is 0.105. The Bertz CT molecular complexity index is 708. The summed E-state index contributed by atoms with van der Waals surface area (Å²) in [4.78, 5) is 61.0. The van der Waals surface area contributed by atoms with Crippen molar-refractivity contribution in [2.45, 2.75) is 83.0 Å². The molecule has 35 heavy (non-hydrogen) atoms. The van der Waals surface area contributed by atoms with Gasteiger partial charge in [0.15, 0.2) is 0 Å². The lowest BCUT2D eigenvalue weighted by Crippen LogP contribution is -2.57. The van der Waals surface area contributed by atoms with Gasteiger partial charge in [0.05, 0.1) is 6.04 Å². The summed E-state index contributed by atoms with van der Waals surface area (Å²) in [5.74, 6) is -2.98. The summed E-state index contributed by atoms with van der Waals surface area (Å²) in [6.45, 7) is 4.26. The van der Waals surface area contributed by atoms with E-state index < -0.39 is 53.8 Å². The number of nitrogens with two attached hydrogens (primary N) is 3. The van der Waals surface area contributed by atoms with E-state index in [2.05, 4.69) is 16.0 Å². The summed E-state index contributed by atoms with van der Waals surface area (Å²) in [7, 11) is 0. The minimum atomic E-state index is -1.34. The van der Waals surface area contributed by atoms with E-state index >= 15 is 0 Å². The van der Waals surface area contributed by atoms with Crippen molar-refractivity contribution in [2.24, 2.45) is 23.1 Å². The number of carboxylic acids is 1. The van der Waals surface area contributed by atoms with Crippen LogP contribution in [0, 0.1) is 5.92 Å². The van der Waals surface area contributed by atoms with Gasteiger partial charge in [0.1, 0.15) is 18.1 Å². The van der Waals surface area contributed by atoms with Gasteiger partial charge in [-0.05, 0) is 63.0 Å². The number of aliphatic carboxylic acids is 1. The largest absolute Gasteiger partial charge is 0.480 e. The first-order chi connectivity index (χ1) is 16.4. The second-order valence-corrected chi connectivity index (χ2v) is 9.81. The molecule has 0 aromatic rings. The Morgan fingerprint density at radius 2 is 1.40 bits per heavy atom. The zero-order valence-electron chi connectivity index (χ0n) is 20.9. The second kappa shape index (κ2) is 18.0. The van der Waals surface area contributed by atoms with Crippen molar-refractivity contribution >= 4 is 41.4 Å². The van der Waals surface area contributed by atoms with Gasteiger partial charge in [-0.25, -0.2) is 4.79 Å². The van der Waals surface area contributed by atoms with E-state index in [1.165, 1.54) is 11.8 Å². The maximum Gasteiger partial charge on any atom is 0.326 e. The predicted molar refractivity (Wildman–Crippen MR) is 135 cm³/mol. The Morgan fingerprint density at radius 1 is 0.857 bits per heavy atom. The van der Waals surface area contributed by atoms with Crippen molar-refractivity contribution in [1.29, 1.82) is 0 Å². The number of carboxylic acid groups (broad SMARTS) is 1. The van der Waals surface area contributed by atoms with Crippen molar-refractivity contribution in [1.82, 2.24) is 16.0 Å². The van der Waals surface area contributed by atoms with Crippen molar-refractivity contribution in [3.63, 3.8) is 0 Å². The zero-order chi connectivity index (χ0) is 27.0. The molecule has 12 nitrogen and oxygen atoms in total. The summed E-state index contributed by atoms with van der Waals surface area (Å²) < 4.78 is 0. The van der Waals surface area contributed by atoms with Gasteiger partial charge >= 0.3 is 5.97 Å². The Labute approximate surface area is 211 Å². The first-order valence-electron chi connectivity index (χ1n) is 11.8. The molecule has 0 aromatic carbocycles. The zero-order valence-corrected chi connectivity index (χ0v) is 21.7. The highest BCUT2D eigenvalue weighted by atomic mass is 32.2. The van der Waals surface area contributed by atoms with Gasteiger partial charge in [-0.1, -0.05) is 13.8 Å². The highest BCUT2D eigenvalue weighted by Crippen LogP contribution is 2.08. The number of carbonyl (C=O) groups is 5. The van der Waals surface area contributed by atoms with E-state index in [9.17, 15) is 29.1 Å². The minimum Gasteiger partial charge on any atom is -0.480 e. The standard InChI is InChI=1S/C22H42N6O6S/c1-13(2)12-14(24)19(30)26-16(9-11-35-3)21(32)27-15(6-4-5-10-23)20(31)28-17(22(33)34)7-8-18(25)29/h13-17H,4-12,23-24H2,1-3H3,(H2,25,29)(H,26,30)(H,27,32)(H,28,31)(H,33,34). The van der Waals surface area contributed by atoms with E-state index in [1.807, 2.05) is 20.1 Å². The summed E-state index contributed by atoms with van der Waals surface area (Å²) in [6.07, 6.45) is 3.56. The molecule has 0 saturated heterocycles. The van der Waals surface area contributed by atoms with Gasteiger partial charge in [-0.2, -0.15) is 11.8 Å². The van der Waals surface area contributed by atoms with Crippen molar-refractivity contribution in [2.75, 3.05) is 18.6 Å². The molecule has 0 radical (unpaired) electrons. The van der Waals surface area contributed by atoms with Crippen LogP contribution in [0.25, 0.3) is 0 Å². The van der Waals surface area contributed by atoms with Crippen LogP contribution in [-0.4, -0.2) is 77.4 Å². The predicted octanol–water partition coefficient (Wildman–Crippen LogP) is -0.954. The van der Waals surface area contributed by atoms with Crippen LogP contribution in [0.3, 0.4) is 0 Å². The molecule has 0 aliphatic heterocycles. The first kappa shape index (κ1) is 32.6. The number of nitrogens with one attached hydrogen (secondary N) is 3. The van der Waals surface area contributed by atoms with Crippen molar-refractivity contribution < 1.29 is 29.1 Å². The summed E-state index contributed by atoms with van der Waals surface area (Å²) in [6, 6.07) is -4.08. The molecule has 13 heteroatoms. The van der Waals surface area contributed by atoms with E-state index in [0.717, 1.165) is 0 Å². The fraction of sp³-hybridized carbons (Fsp3) is 0.773. The van der Waals surface area contributed by atoms with Gasteiger partial charge in [-0.15, -0.1) is 0 Å². The fourth-order valence-corrected chi connectivity index (χ4v) is 3.72. The van der Waals surface area contributed by atoms with Crippen LogP contribution in [0.2, 0.25) is 0 Å². The van der Waals surface area contributed by atoms with E-state index in [-0.39, 0.29) is 25.2 Å². The smallest absolute Gasteiger partial charge is 0.326 e. The molecule has 0 heterocycles. The Morgan fingerprint density at radius 3 is 1.89 bits per heavy atom. The minimum absolute atomic E-state index is 0.181. The van der Waals surface area contributed by atoms with Gasteiger partial charge < -0.3 is 38.3 Å². The van der Waals surface area contributed by atoms with Gasteiger partial charge in [0.2, 0.25) is 23.6 Å². The van der Waals surface area contributed by atoms with Gasteiger partial charge in [0.25, 0.3) is 0 Å². The molecule has 4 amide bonds. The van der Waals surface area contributed by atoms with Crippen LogP contribution in [0.15, 0.2) is 0 Å². The lowest BCUT2D eigenvalue weighted by molar-refractivity contribution is -0.142. The second-order valence-electron chi connectivity index (χ2n) is 8.83. The molecule has 0 saturated carbocycles. The maximum absolute atomic E-state index is 13.1. The summed E-state index contributed by atoms with van der Waals surface area (Å²) in [5, 5.41) is 17.1. The molecular formula is C22H42N6O6S. The number of hydrogen-bond donors (Lipinski definition) is 7. The fourth-order valence-electron chi connectivity index (χ4n) is 3.25. The van der Waals surface area contributed by atoms with Crippen molar-refractivity contribution in [3.8, 4) is 0 Å². The molecule has 202 valence electrons. The van der Waals surface area contributed by atoms with Crippen LogP contribution in [0.5, 0.6) is 0 Å². The number of hydrogen-bond acceptors (Lipinski definition) is 8. The third kappa shape index (κ3) is 14.6. The monoisotopic (exact) mass is 518 g/mol. The highest BCUT2D eigenvalue weighted by Gasteiger charge is 2.30. The van der Waals surface area contributed by atoms with Crippen LogP contribution >= 0.6 is 11.8 Å². The van der Waals surface area contributed by atoms with Crippen LogP contribution in [0.4, 0.5) is 0 Å². The molecule has 0 aliphatic carbocycles. The molecule has 4 atom stereocenters. The Hall–Kier alpha value is -2.38. The lowest BCUT2D eigenvalue weighted by atomic mass is 10.0. The number of primary amides is 1. The van der Waals surface area contributed by atoms with Crippen LogP contribution < -0.4 is 33.2 Å². The molecule has 0 aliphatic rings. The molecule has 0 fully saturated rings. The van der Waals surface area contributed by atoms with Gasteiger partial charge in [0, 0.05) is 6.42 Å². The van der Waals surface area contributed by atoms with E-state index in [4.69, 9.17) is 17.2 Å². The number of rotatable bonds is 19. The molecular weight excluding hydrogens is 476 g/mol. The normalized spacial score (nSPS) is 14.5. The maximum atomic E-state index is 13.1. The van der Waals surface area contributed by atoms with Crippen LogP contribution in [-0.2, 0) is 24.0 Å². The molecule has 0 spiro atoms. The molecule has 10 N–H and O–H groups in total.